The van der Waals surface area contributed by atoms with Crippen LogP contribution in [0, 0.1) is 11.8 Å². The third-order valence-electron chi connectivity index (χ3n) is 12.0. The fourth-order valence-corrected chi connectivity index (χ4v) is 9.25. The van der Waals surface area contributed by atoms with Crippen molar-refractivity contribution in [2.45, 2.75) is 127 Å². The number of ketones is 2. The summed E-state index contributed by atoms with van der Waals surface area (Å²) < 4.78 is 18.4. The van der Waals surface area contributed by atoms with Gasteiger partial charge in [0.05, 0.1) is 25.6 Å². The largest absolute Gasteiger partial charge is 0.477 e. The summed E-state index contributed by atoms with van der Waals surface area (Å²) in [5.74, 6) is 1.47. The number of ether oxygens (including phenoxy) is 3. The number of alkyl carbamates (subject to hydrolysis) is 1. The van der Waals surface area contributed by atoms with E-state index in [1.807, 2.05) is 33.8 Å². The molecule has 2 aliphatic heterocycles. The number of rotatable bonds is 13. The highest BCUT2D eigenvalue weighted by Gasteiger charge is 2.76. The number of nitrogens with zero attached hydrogens (tertiary/aromatic N) is 2. The summed E-state index contributed by atoms with van der Waals surface area (Å²) in [4.78, 5) is 52.7. The Morgan fingerprint density at radius 2 is 1.92 bits per heavy atom. The van der Waals surface area contributed by atoms with Crippen molar-refractivity contribution in [3.8, 4) is 11.5 Å². The Bertz CT molecular complexity index is 1490. The van der Waals surface area contributed by atoms with E-state index >= 15 is 0 Å². The number of likely N-dealkylation sites (N-methyl/N-ethyl adjacent to an activating group) is 1. The third-order valence-corrected chi connectivity index (χ3v) is 12.0. The number of carbonyl (C=O) groups excluding carboxylic acids is 4. The minimum atomic E-state index is -1.06. The van der Waals surface area contributed by atoms with Crippen molar-refractivity contribution in [2.75, 3.05) is 40.3 Å². The van der Waals surface area contributed by atoms with E-state index in [1.54, 1.807) is 13.1 Å². The maximum absolute atomic E-state index is 13.4. The smallest absolute Gasteiger partial charge is 0.415 e. The number of amides is 2. The lowest BCUT2D eigenvalue weighted by molar-refractivity contribution is -0.950. The molecule has 11 nitrogen and oxygen atoms in total. The molecule has 5 aliphatic rings. The van der Waals surface area contributed by atoms with Crippen LogP contribution in [0.1, 0.15) is 103 Å². The molecule has 2 heterocycles. The fourth-order valence-electron chi connectivity index (χ4n) is 9.25. The van der Waals surface area contributed by atoms with Gasteiger partial charge in [-0.2, -0.15) is 0 Å². The Morgan fingerprint density at radius 3 is 2.63 bits per heavy atom. The summed E-state index contributed by atoms with van der Waals surface area (Å²) in [6, 6.07) is 3.77. The molecule has 2 bridgehead atoms. The second-order valence-corrected chi connectivity index (χ2v) is 16.8. The lowest BCUT2D eigenvalue weighted by Crippen LogP contribution is -2.80. The van der Waals surface area contributed by atoms with Crippen LogP contribution in [0.25, 0.3) is 0 Å². The molecule has 1 aromatic rings. The number of hydrogen-bond acceptors (Lipinski definition) is 8. The Kier molecular flexibility index (Phi) is 9.58. The molecule has 11 heteroatoms. The molecule has 2 saturated carbocycles. The number of hydrogen-bond donors (Lipinski definition) is 2. The van der Waals surface area contributed by atoms with Gasteiger partial charge in [-0.15, -0.1) is 0 Å². The molecule has 1 saturated heterocycles. The van der Waals surface area contributed by atoms with Gasteiger partial charge in [-0.3, -0.25) is 9.59 Å². The lowest BCUT2D eigenvalue weighted by atomic mass is 9.48. The normalized spacial score (nSPS) is 30.1. The second kappa shape index (κ2) is 13.2. The number of nitrogens with one attached hydrogen (secondary N) is 1. The summed E-state index contributed by atoms with van der Waals surface area (Å²) >= 11 is 0. The van der Waals surface area contributed by atoms with Crippen LogP contribution in [0.3, 0.4) is 0 Å². The molecule has 2 N–H and O–H groups in total. The Morgan fingerprint density at radius 1 is 1.16 bits per heavy atom. The molecule has 3 fully saturated rings. The molecule has 6 rings (SSSR count). The molecule has 0 radical (unpaired) electrons. The summed E-state index contributed by atoms with van der Waals surface area (Å²) in [7, 11) is 3.94. The van der Waals surface area contributed by atoms with Crippen molar-refractivity contribution in [3.63, 3.8) is 0 Å². The summed E-state index contributed by atoms with van der Waals surface area (Å²) in [5.41, 5.74) is -0.465. The average molecular weight is 683 g/mol. The number of carbonyl (C=O) groups is 4. The van der Waals surface area contributed by atoms with Crippen LogP contribution in [-0.2, 0) is 26.2 Å². The van der Waals surface area contributed by atoms with Gasteiger partial charge in [0.15, 0.2) is 23.4 Å². The first kappa shape index (κ1) is 35.6. The van der Waals surface area contributed by atoms with Crippen LogP contribution in [-0.4, -0.2) is 102 Å². The standard InChI is InChI=1S/C38H55N3O8/c1-24(10-7-8-19-39-34(44)49-36(2,3)4)27(42)11-9-20-40(5)35(45)47-29-15-14-26-22-30-38(46)17-16-28(43)33-37(38,31(26)32(29)48-33)18-21-41(30,6)23-25-12-13-25/h14-15,24-25,30,33,46H,7-13,16-23H2,1-6H3/p+1/t24?,30-,33+,37+,38-,41-/m1/s1. The van der Waals surface area contributed by atoms with Crippen LogP contribution < -0.4 is 14.8 Å². The zero-order chi connectivity index (χ0) is 35.4. The molecule has 1 unspecified atom stereocenters. The molecule has 0 aromatic heterocycles. The average Bonchev–Trinajstić information content (AvgIpc) is 3.76. The molecule has 6 atom stereocenters. The highest BCUT2D eigenvalue weighted by molar-refractivity contribution is 5.90. The van der Waals surface area contributed by atoms with Crippen LogP contribution in [0.4, 0.5) is 9.59 Å². The summed E-state index contributed by atoms with van der Waals surface area (Å²) in [5, 5.41) is 15.4. The van der Waals surface area contributed by atoms with E-state index in [0.29, 0.717) is 56.9 Å². The monoisotopic (exact) mass is 682 g/mol. The number of unbranched alkanes of at least 4 members (excludes halogenated alkanes) is 1. The van der Waals surface area contributed by atoms with Crippen LogP contribution >= 0.6 is 0 Å². The van der Waals surface area contributed by atoms with E-state index in [0.717, 1.165) is 48.0 Å². The summed E-state index contributed by atoms with van der Waals surface area (Å²) in [6.45, 7) is 10.2. The minimum absolute atomic E-state index is 0.00868. The third kappa shape index (κ3) is 6.69. The Labute approximate surface area is 290 Å². The van der Waals surface area contributed by atoms with E-state index in [2.05, 4.69) is 12.4 Å². The highest BCUT2D eigenvalue weighted by Crippen LogP contribution is 2.66. The zero-order valence-corrected chi connectivity index (χ0v) is 30.3. The number of Topliss-reactive ketones (excluding diaryl/α,β-unsaturated/α-hetero) is 2. The number of likely N-dealkylation sites (tertiary alicyclic amines) is 1. The van der Waals surface area contributed by atoms with Gasteiger partial charge in [0.1, 0.15) is 23.0 Å². The first-order chi connectivity index (χ1) is 23.1. The van der Waals surface area contributed by atoms with Crippen LogP contribution in [0.15, 0.2) is 12.1 Å². The fraction of sp³-hybridized carbons (Fsp3) is 0.737. The van der Waals surface area contributed by atoms with Crippen molar-refractivity contribution in [3.05, 3.63) is 23.3 Å². The van der Waals surface area contributed by atoms with Gasteiger partial charge in [0.25, 0.3) is 0 Å². The molecule has 1 aromatic carbocycles. The van der Waals surface area contributed by atoms with Gasteiger partial charge in [-0.1, -0.05) is 19.4 Å². The number of piperidine rings is 1. The van der Waals surface area contributed by atoms with Crippen LogP contribution in [0.2, 0.25) is 0 Å². The van der Waals surface area contributed by atoms with E-state index in [4.69, 9.17) is 14.2 Å². The van der Waals surface area contributed by atoms with Gasteiger partial charge in [0.2, 0.25) is 0 Å². The maximum Gasteiger partial charge on any atom is 0.415 e. The number of benzene rings is 1. The van der Waals surface area contributed by atoms with E-state index < -0.39 is 34.9 Å². The van der Waals surface area contributed by atoms with Crippen molar-refractivity contribution in [1.29, 1.82) is 0 Å². The van der Waals surface area contributed by atoms with E-state index in [-0.39, 0.29) is 35.7 Å². The van der Waals surface area contributed by atoms with Gasteiger partial charge in [-0.05, 0) is 70.9 Å². The van der Waals surface area contributed by atoms with E-state index in [1.165, 1.54) is 17.7 Å². The van der Waals surface area contributed by atoms with Gasteiger partial charge < -0.3 is 34.0 Å². The molecule has 3 aliphatic carbocycles. The SMILES string of the molecule is CC(CCCCNC(=O)OC(C)(C)C)C(=O)CCCN(C)C(=O)Oc1ccc2c3c1O[C@H]1C(=O)CC[C@@]4(O)[C@@H](C2)[N@@+](C)(CC2CC2)CC[C@]314. The van der Waals surface area contributed by atoms with Crippen LogP contribution in [0.5, 0.6) is 11.5 Å². The quantitative estimate of drug-likeness (QED) is 0.218. The molecule has 2 amide bonds. The first-order valence-corrected chi connectivity index (χ1v) is 18.4. The van der Waals surface area contributed by atoms with Gasteiger partial charge >= 0.3 is 12.2 Å². The predicted molar refractivity (Wildman–Crippen MR) is 183 cm³/mol. The van der Waals surface area contributed by atoms with Crippen molar-refractivity contribution < 1.29 is 43.0 Å². The molecule has 49 heavy (non-hydrogen) atoms. The van der Waals surface area contributed by atoms with Crippen molar-refractivity contribution in [1.82, 2.24) is 10.2 Å². The lowest BCUT2D eigenvalue weighted by Gasteiger charge is -2.64. The second-order valence-electron chi connectivity index (χ2n) is 16.8. The number of quaternary nitrogens is 1. The molecule has 270 valence electrons. The molecule has 1 spiro atoms. The predicted octanol–water partition coefficient (Wildman–Crippen LogP) is 5.08. The highest BCUT2D eigenvalue weighted by atomic mass is 16.6. The molecular weight excluding hydrogens is 626 g/mol. The molecular formula is C38H56N3O8+. The number of aliphatic hydroxyl groups is 1. The van der Waals surface area contributed by atoms with Crippen molar-refractivity contribution in [2.24, 2.45) is 11.8 Å². The Balaban J connectivity index is 1.03. The van der Waals surface area contributed by atoms with E-state index in [9.17, 15) is 24.3 Å². The minimum Gasteiger partial charge on any atom is -0.477 e. The zero-order valence-electron chi connectivity index (χ0n) is 30.3. The maximum atomic E-state index is 13.4. The van der Waals surface area contributed by atoms with Gasteiger partial charge in [0, 0.05) is 63.2 Å². The van der Waals surface area contributed by atoms with Crippen molar-refractivity contribution >= 4 is 23.8 Å². The summed E-state index contributed by atoms with van der Waals surface area (Å²) in [6.07, 6.45) is 5.99. The Hall–Kier alpha value is -3.18. The topological polar surface area (TPSA) is 131 Å². The van der Waals surface area contributed by atoms with Gasteiger partial charge in [-0.25, -0.2) is 9.59 Å². The first-order valence-electron chi connectivity index (χ1n) is 18.4.